The number of hydrogen-bond acceptors (Lipinski definition) is 5. The second-order valence-corrected chi connectivity index (χ2v) is 5.65. The molecule has 0 aliphatic carbocycles. The van der Waals surface area contributed by atoms with E-state index in [0.717, 1.165) is 17.0 Å². The van der Waals surface area contributed by atoms with Crippen LogP contribution in [0.3, 0.4) is 0 Å². The molecule has 0 saturated carbocycles. The fraction of sp³-hybridized carbons (Fsp3) is 0.278. The number of esters is 1. The molecule has 3 aromatic rings. The Hall–Kier alpha value is -2.89. The van der Waals surface area contributed by atoms with E-state index in [0.29, 0.717) is 17.5 Å². The van der Waals surface area contributed by atoms with Crippen molar-refractivity contribution in [3.8, 4) is 5.75 Å². The van der Waals surface area contributed by atoms with Crippen LogP contribution in [0.1, 0.15) is 22.8 Å². The molecule has 0 unspecified atom stereocenters. The Morgan fingerprint density at radius 2 is 2.08 bits per heavy atom. The molecule has 0 bridgehead atoms. The zero-order chi connectivity index (χ0) is 17.1. The normalized spacial score (nSPS) is 12.1. The Morgan fingerprint density at radius 1 is 1.29 bits per heavy atom. The van der Waals surface area contributed by atoms with Crippen LogP contribution in [0.15, 0.2) is 42.9 Å². The number of carbonyl (C=O) groups excluding carboxylic acids is 1. The number of fused-ring (bicyclic) bond motifs is 1. The van der Waals surface area contributed by atoms with Gasteiger partial charge in [0.05, 0.1) is 19.0 Å². The molecule has 2 aromatic heterocycles. The third-order valence-corrected chi connectivity index (χ3v) is 3.80. The van der Waals surface area contributed by atoms with Gasteiger partial charge in [-0.15, -0.1) is 0 Å². The third-order valence-electron chi connectivity index (χ3n) is 3.80. The summed E-state index contributed by atoms with van der Waals surface area (Å²) in [5.41, 5.74) is 2.80. The van der Waals surface area contributed by atoms with Gasteiger partial charge in [-0.2, -0.15) is 0 Å². The fourth-order valence-corrected chi connectivity index (χ4v) is 2.60. The van der Waals surface area contributed by atoms with Gasteiger partial charge in [0.25, 0.3) is 0 Å². The number of carbonyl (C=O) groups is 1. The highest BCUT2D eigenvalue weighted by atomic mass is 16.5. The van der Waals surface area contributed by atoms with Gasteiger partial charge in [0, 0.05) is 19.7 Å². The lowest BCUT2D eigenvalue weighted by atomic mass is 10.1. The van der Waals surface area contributed by atoms with Gasteiger partial charge in [-0.1, -0.05) is 18.2 Å². The summed E-state index contributed by atoms with van der Waals surface area (Å²) in [6.45, 7) is 1.86. The fourth-order valence-electron chi connectivity index (χ4n) is 2.60. The number of aromatic nitrogens is 3. The van der Waals surface area contributed by atoms with Crippen LogP contribution in [-0.2, 0) is 18.2 Å². The lowest BCUT2D eigenvalue weighted by Crippen LogP contribution is -2.18. The minimum absolute atomic E-state index is 0.284. The zero-order valence-corrected chi connectivity index (χ0v) is 13.9. The van der Waals surface area contributed by atoms with Crippen LogP contribution in [-0.4, -0.2) is 33.7 Å². The summed E-state index contributed by atoms with van der Waals surface area (Å²) in [7, 11) is 3.49. The van der Waals surface area contributed by atoms with E-state index in [4.69, 9.17) is 9.47 Å². The lowest BCUT2D eigenvalue weighted by Gasteiger charge is -2.15. The molecular weight excluding hydrogens is 306 g/mol. The predicted octanol–water partition coefficient (Wildman–Crippen LogP) is 2.76. The number of nitrogens with zero attached hydrogens (tertiary/aromatic N) is 3. The van der Waals surface area contributed by atoms with Gasteiger partial charge in [-0.05, 0) is 24.6 Å². The average molecular weight is 325 g/mol. The number of aryl methyl sites for hydroxylation is 1. The molecule has 0 N–H and O–H groups in total. The van der Waals surface area contributed by atoms with Crippen LogP contribution in [0.5, 0.6) is 5.75 Å². The number of methoxy groups -OCH3 is 1. The van der Waals surface area contributed by atoms with Crippen LogP contribution >= 0.6 is 0 Å². The van der Waals surface area contributed by atoms with E-state index in [1.807, 2.05) is 38.2 Å². The highest BCUT2D eigenvalue weighted by molar-refractivity contribution is 5.92. The van der Waals surface area contributed by atoms with E-state index in [1.54, 1.807) is 24.1 Å². The van der Waals surface area contributed by atoms with Crippen LogP contribution in [0.4, 0.5) is 0 Å². The van der Waals surface area contributed by atoms with Gasteiger partial charge in [0.1, 0.15) is 17.4 Å². The largest absolute Gasteiger partial charge is 0.496 e. The Morgan fingerprint density at radius 3 is 2.88 bits per heavy atom. The highest BCUT2D eigenvalue weighted by Crippen LogP contribution is 2.20. The third kappa shape index (κ3) is 3.22. The maximum Gasteiger partial charge on any atom is 0.340 e. The first-order valence-electron chi connectivity index (χ1n) is 7.68. The summed E-state index contributed by atoms with van der Waals surface area (Å²) in [6.07, 6.45) is 3.47. The summed E-state index contributed by atoms with van der Waals surface area (Å²) < 4.78 is 12.7. The molecule has 3 rings (SSSR count). The summed E-state index contributed by atoms with van der Waals surface area (Å²) in [5.74, 6) is 0.384. The van der Waals surface area contributed by atoms with Crippen LogP contribution in [0.2, 0.25) is 0 Å². The van der Waals surface area contributed by atoms with Crippen LogP contribution < -0.4 is 4.74 Å². The highest BCUT2D eigenvalue weighted by Gasteiger charge is 2.16. The van der Waals surface area contributed by atoms with Crippen molar-refractivity contribution < 1.29 is 14.3 Å². The number of para-hydroxylation sites is 1. The Bertz CT molecular complexity index is 873. The van der Waals surface area contributed by atoms with Crippen molar-refractivity contribution in [2.45, 2.75) is 19.4 Å². The first kappa shape index (κ1) is 16.0. The Kier molecular flexibility index (Phi) is 4.46. The van der Waals surface area contributed by atoms with Crippen LogP contribution in [0, 0.1) is 0 Å². The van der Waals surface area contributed by atoms with E-state index in [9.17, 15) is 4.79 Å². The van der Waals surface area contributed by atoms with Crippen molar-refractivity contribution in [3.63, 3.8) is 0 Å². The molecule has 24 heavy (non-hydrogen) atoms. The molecule has 6 heteroatoms. The molecule has 0 radical (unpaired) electrons. The van der Waals surface area contributed by atoms with Gasteiger partial charge in [0.2, 0.25) is 0 Å². The Balaban J connectivity index is 1.70. The van der Waals surface area contributed by atoms with E-state index in [2.05, 4.69) is 9.97 Å². The van der Waals surface area contributed by atoms with Crippen molar-refractivity contribution in [1.29, 1.82) is 0 Å². The first-order chi connectivity index (χ1) is 11.6. The molecule has 0 spiro atoms. The maximum absolute atomic E-state index is 12.3. The van der Waals surface area contributed by atoms with E-state index < -0.39 is 5.97 Å². The summed E-state index contributed by atoms with van der Waals surface area (Å²) in [4.78, 5) is 20.8. The molecule has 0 amide bonds. The SMILES string of the molecule is COc1ccccc1C[C@H](C)OC(=O)c1cnc2c(c1)ncn2C. The van der Waals surface area contributed by atoms with Crippen molar-refractivity contribution in [1.82, 2.24) is 14.5 Å². The molecule has 0 saturated heterocycles. The van der Waals surface area contributed by atoms with Gasteiger partial charge >= 0.3 is 5.97 Å². The second kappa shape index (κ2) is 6.70. The van der Waals surface area contributed by atoms with Gasteiger partial charge in [-0.3, -0.25) is 0 Å². The number of ether oxygens (including phenoxy) is 2. The minimum Gasteiger partial charge on any atom is -0.496 e. The quantitative estimate of drug-likeness (QED) is 0.675. The molecule has 1 atom stereocenters. The second-order valence-electron chi connectivity index (χ2n) is 5.65. The molecular formula is C18H19N3O3. The smallest absolute Gasteiger partial charge is 0.340 e. The maximum atomic E-state index is 12.3. The monoisotopic (exact) mass is 325 g/mol. The van der Waals surface area contributed by atoms with E-state index in [1.165, 1.54) is 6.20 Å². The lowest BCUT2D eigenvalue weighted by molar-refractivity contribution is 0.0341. The van der Waals surface area contributed by atoms with Crippen molar-refractivity contribution >= 4 is 17.1 Å². The van der Waals surface area contributed by atoms with Crippen LogP contribution in [0.25, 0.3) is 11.2 Å². The van der Waals surface area contributed by atoms with E-state index in [-0.39, 0.29) is 6.10 Å². The predicted molar refractivity (Wildman–Crippen MR) is 90.1 cm³/mol. The molecule has 2 heterocycles. The van der Waals surface area contributed by atoms with Gasteiger partial charge in [0.15, 0.2) is 5.65 Å². The van der Waals surface area contributed by atoms with Gasteiger partial charge < -0.3 is 14.0 Å². The molecule has 6 nitrogen and oxygen atoms in total. The zero-order valence-electron chi connectivity index (χ0n) is 13.9. The minimum atomic E-state index is -0.405. The summed E-state index contributed by atoms with van der Waals surface area (Å²) in [5, 5.41) is 0. The molecule has 0 aliphatic rings. The molecule has 0 fully saturated rings. The standard InChI is InChI=1S/C18H19N3O3/c1-12(8-13-6-4-5-7-16(13)23-3)24-18(22)14-9-15-17(19-10-14)21(2)11-20-15/h4-7,9-12H,8H2,1-3H3/t12-/m0/s1. The summed E-state index contributed by atoms with van der Waals surface area (Å²) in [6, 6.07) is 9.39. The number of pyridine rings is 1. The van der Waals surface area contributed by atoms with Gasteiger partial charge in [-0.25, -0.2) is 14.8 Å². The van der Waals surface area contributed by atoms with Crippen molar-refractivity contribution in [2.24, 2.45) is 7.05 Å². The van der Waals surface area contributed by atoms with Crippen molar-refractivity contribution in [2.75, 3.05) is 7.11 Å². The first-order valence-corrected chi connectivity index (χ1v) is 7.68. The van der Waals surface area contributed by atoms with Crippen molar-refractivity contribution in [3.05, 3.63) is 54.0 Å². The summed E-state index contributed by atoms with van der Waals surface area (Å²) >= 11 is 0. The molecule has 124 valence electrons. The number of benzene rings is 1. The number of hydrogen-bond donors (Lipinski definition) is 0. The molecule has 0 aliphatic heterocycles. The topological polar surface area (TPSA) is 66.2 Å². The average Bonchev–Trinajstić information content (AvgIpc) is 2.96. The number of imidazole rings is 1. The molecule has 1 aromatic carbocycles. The van der Waals surface area contributed by atoms with E-state index >= 15 is 0 Å². The Labute approximate surface area is 140 Å². The number of rotatable bonds is 5.